The molecule has 112 valence electrons. The Kier molecular flexibility index (Phi) is 4.29. The van der Waals surface area contributed by atoms with E-state index < -0.39 is 0 Å². The van der Waals surface area contributed by atoms with Crippen LogP contribution < -0.4 is 0 Å². The van der Waals surface area contributed by atoms with Gasteiger partial charge in [0, 0.05) is 31.7 Å². The van der Waals surface area contributed by atoms with Gasteiger partial charge in [0.15, 0.2) is 5.82 Å². The van der Waals surface area contributed by atoms with Crippen molar-refractivity contribution in [3.63, 3.8) is 0 Å². The molecule has 1 unspecified atom stereocenters. The number of benzene rings is 1. The minimum Gasteiger partial charge on any atom is -0.381 e. The Morgan fingerprint density at radius 2 is 2.14 bits per heavy atom. The summed E-state index contributed by atoms with van der Waals surface area (Å²) in [6.45, 7) is 4.53. The minimum atomic E-state index is -0.242. The van der Waals surface area contributed by atoms with Gasteiger partial charge in [0.1, 0.15) is 11.6 Å². The third-order valence-corrected chi connectivity index (χ3v) is 3.88. The van der Waals surface area contributed by atoms with Crippen molar-refractivity contribution in [2.45, 2.75) is 32.7 Å². The molecule has 3 rings (SSSR count). The Morgan fingerprint density at radius 3 is 2.81 bits per heavy atom. The lowest BCUT2D eigenvalue weighted by atomic mass is 9.98. The topological polar surface area (TPSA) is 39.9 Å². The van der Waals surface area contributed by atoms with Gasteiger partial charge in [-0.3, -0.25) is 0 Å². The van der Waals surface area contributed by atoms with Crippen LogP contribution in [0, 0.1) is 11.7 Å². The molecule has 1 aliphatic rings. The third-order valence-electron chi connectivity index (χ3n) is 3.88. The second kappa shape index (κ2) is 6.35. The number of rotatable bonds is 4. The van der Waals surface area contributed by atoms with Crippen LogP contribution >= 0.6 is 0 Å². The Balaban J connectivity index is 1.81. The molecule has 1 fully saturated rings. The van der Waals surface area contributed by atoms with Crippen molar-refractivity contribution < 1.29 is 9.13 Å². The van der Waals surface area contributed by atoms with Crippen LogP contribution in [-0.4, -0.2) is 28.0 Å². The first-order valence-electron chi connectivity index (χ1n) is 7.53. The van der Waals surface area contributed by atoms with E-state index in [1.54, 1.807) is 12.1 Å². The van der Waals surface area contributed by atoms with Crippen molar-refractivity contribution in [2.75, 3.05) is 13.2 Å². The molecule has 1 aliphatic heterocycles. The summed E-state index contributed by atoms with van der Waals surface area (Å²) in [5.41, 5.74) is 0.852. The number of aryl methyl sites for hydroxylation is 1. The van der Waals surface area contributed by atoms with Crippen molar-refractivity contribution in [3.05, 3.63) is 35.9 Å². The number of ether oxygens (including phenoxy) is 1. The van der Waals surface area contributed by atoms with Crippen LogP contribution in [0.2, 0.25) is 0 Å². The van der Waals surface area contributed by atoms with Crippen LogP contribution in [0.1, 0.15) is 25.6 Å². The summed E-state index contributed by atoms with van der Waals surface area (Å²) in [5.74, 6) is 1.94. The molecule has 21 heavy (non-hydrogen) atoms. The van der Waals surface area contributed by atoms with E-state index in [0.717, 1.165) is 44.0 Å². The quantitative estimate of drug-likeness (QED) is 0.868. The third kappa shape index (κ3) is 3.29. The van der Waals surface area contributed by atoms with E-state index in [9.17, 15) is 4.39 Å². The first-order chi connectivity index (χ1) is 10.3. The fourth-order valence-electron chi connectivity index (χ4n) is 2.73. The fourth-order valence-corrected chi connectivity index (χ4v) is 2.73. The number of nitrogens with zero attached hydrogens (tertiary/aromatic N) is 3. The highest BCUT2D eigenvalue weighted by Crippen LogP contribution is 2.21. The maximum Gasteiger partial charge on any atom is 0.181 e. The fraction of sp³-hybridized carbons (Fsp3) is 0.500. The first kappa shape index (κ1) is 14.2. The van der Waals surface area contributed by atoms with Gasteiger partial charge in [-0.2, -0.15) is 5.10 Å². The summed E-state index contributed by atoms with van der Waals surface area (Å²) >= 11 is 0. The predicted octanol–water partition coefficient (Wildman–Crippen LogP) is 3.07. The van der Waals surface area contributed by atoms with Gasteiger partial charge in [-0.25, -0.2) is 14.1 Å². The molecule has 0 aliphatic carbocycles. The Bertz CT molecular complexity index is 588. The standard InChI is InChI=1S/C16H20FN3O/c1-2-20-15(10-12-4-3-9-21-11-12)18-16(19-20)13-5-7-14(17)8-6-13/h5-8,12H,2-4,9-11H2,1H3. The Morgan fingerprint density at radius 1 is 1.33 bits per heavy atom. The van der Waals surface area contributed by atoms with Crippen LogP contribution in [0.25, 0.3) is 11.4 Å². The zero-order chi connectivity index (χ0) is 14.7. The van der Waals surface area contributed by atoms with Gasteiger partial charge in [-0.15, -0.1) is 0 Å². The molecule has 1 aromatic heterocycles. The molecular weight excluding hydrogens is 269 g/mol. The predicted molar refractivity (Wildman–Crippen MR) is 78.3 cm³/mol. The van der Waals surface area contributed by atoms with E-state index in [4.69, 9.17) is 4.74 Å². The number of hydrogen-bond donors (Lipinski definition) is 0. The van der Waals surface area contributed by atoms with Gasteiger partial charge in [-0.1, -0.05) is 0 Å². The van der Waals surface area contributed by atoms with Crippen molar-refractivity contribution in [3.8, 4) is 11.4 Å². The first-order valence-corrected chi connectivity index (χ1v) is 7.53. The molecule has 0 saturated carbocycles. The van der Waals surface area contributed by atoms with Gasteiger partial charge < -0.3 is 4.74 Å². The highest BCUT2D eigenvalue weighted by atomic mass is 19.1. The van der Waals surface area contributed by atoms with Gasteiger partial charge >= 0.3 is 0 Å². The summed E-state index contributed by atoms with van der Waals surface area (Å²) < 4.78 is 20.5. The van der Waals surface area contributed by atoms with Gasteiger partial charge in [0.2, 0.25) is 0 Å². The van der Waals surface area contributed by atoms with E-state index in [1.165, 1.54) is 18.6 Å². The second-order valence-electron chi connectivity index (χ2n) is 5.46. The lowest BCUT2D eigenvalue weighted by Crippen LogP contribution is -2.21. The monoisotopic (exact) mass is 289 g/mol. The molecular formula is C16H20FN3O. The molecule has 1 saturated heterocycles. The maximum absolute atomic E-state index is 13.0. The maximum atomic E-state index is 13.0. The Hall–Kier alpha value is -1.75. The molecule has 1 atom stereocenters. The molecule has 0 spiro atoms. The second-order valence-corrected chi connectivity index (χ2v) is 5.46. The molecule has 0 radical (unpaired) electrons. The summed E-state index contributed by atoms with van der Waals surface area (Å²) in [6, 6.07) is 6.32. The van der Waals surface area contributed by atoms with Crippen molar-refractivity contribution in [1.29, 1.82) is 0 Å². The van der Waals surface area contributed by atoms with E-state index in [2.05, 4.69) is 17.0 Å². The number of aromatic nitrogens is 3. The number of hydrogen-bond acceptors (Lipinski definition) is 3. The van der Waals surface area contributed by atoms with Gasteiger partial charge in [0.25, 0.3) is 0 Å². The number of halogens is 1. The zero-order valence-electron chi connectivity index (χ0n) is 12.3. The van der Waals surface area contributed by atoms with Crippen LogP contribution in [0.4, 0.5) is 4.39 Å². The Labute approximate surface area is 124 Å². The average molecular weight is 289 g/mol. The molecule has 0 amide bonds. The molecule has 2 aromatic rings. The zero-order valence-corrected chi connectivity index (χ0v) is 12.3. The van der Waals surface area contributed by atoms with E-state index in [-0.39, 0.29) is 5.82 Å². The molecule has 1 aromatic carbocycles. The van der Waals surface area contributed by atoms with E-state index in [0.29, 0.717) is 11.7 Å². The highest BCUT2D eigenvalue weighted by molar-refractivity contribution is 5.54. The van der Waals surface area contributed by atoms with Crippen molar-refractivity contribution in [2.24, 2.45) is 5.92 Å². The summed E-state index contributed by atoms with van der Waals surface area (Å²) in [6.07, 6.45) is 3.19. The largest absolute Gasteiger partial charge is 0.381 e. The molecule has 0 N–H and O–H groups in total. The molecule has 0 bridgehead atoms. The van der Waals surface area contributed by atoms with Gasteiger partial charge in [0.05, 0.1) is 0 Å². The molecule has 5 heteroatoms. The lowest BCUT2D eigenvalue weighted by molar-refractivity contribution is 0.0539. The minimum absolute atomic E-state index is 0.242. The lowest BCUT2D eigenvalue weighted by Gasteiger charge is -2.21. The van der Waals surface area contributed by atoms with Crippen LogP contribution in [-0.2, 0) is 17.7 Å². The van der Waals surface area contributed by atoms with Crippen molar-refractivity contribution in [1.82, 2.24) is 14.8 Å². The van der Waals surface area contributed by atoms with Crippen molar-refractivity contribution >= 4 is 0 Å². The summed E-state index contributed by atoms with van der Waals surface area (Å²) in [7, 11) is 0. The SMILES string of the molecule is CCn1nc(-c2ccc(F)cc2)nc1CC1CCCOC1. The van der Waals surface area contributed by atoms with Crippen LogP contribution in [0.5, 0.6) is 0 Å². The summed E-state index contributed by atoms with van der Waals surface area (Å²) in [5, 5.41) is 4.54. The smallest absolute Gasteiger partial charge is 0.181 e. The van der Waals surface area contributed by atoms with Crippen LogP contribution in [0.3, 0.4) is 0 Å². The molecule has 4 nitrogen and oxygen atoms in total. The average Bonchev–Trinajstić information content (AvgIpc) is 2.92. The van der Waals surface area contributed by atoms with E-state index >= 15 is 0 Å². The molecule has 2 heterocycles. The van der Waals surface area contributed by atoms with Crippen LogP contribution in [0.15, 0.2) is 24.3 Å². The highest BCUT2D eigenvalue weighted by Gasteiger charge is 2.19. The van der Waals surface area contributed by atoms with E-state index in [1.807, 2.05) is 4.68 Å². The summed E-state index contributed by atoms with van der Waals surface area (Å²) in [4.78, 5) is 4.65. The normalized spacial score (nSPS) is 18.9. The van der Waals surface area contributed by atoms with Gasteiger partial charge in [-0.05, 0) is 49.9 Å².